The molecule has 0 aliphatic carbocycles. The van der Waals surface area contributed by atoms with E-state index in [1.165, 1.54) is 4.80 Å². The van der Waals surface area contributed by atoms with E-state index in [4.69, 9.17) is 4.74 Å². The maximum absolute atomic E-state index is 12.0. The zero-order chi connectivity index (χ0) is 16.8. The van der Waals surface area contributed by atoms with Crippen molar-refractivity contribution in [2.75, 3.05) is 13.7 Å². The first-order valence-corrected chi connectivity index (χ1v) is 8.39. The highest BCUT2D eigenvalue weighted by Crippen LogP contribution is 2.17. The Morgan fingerprint density at radius 2 is 2.21 bits per heavy atom. The van der Waals surface area contributed by atoms with Gasteiger partial charge in [-0.15, -0.1) is 10.2 Å². The molecule has 0 aliphatic heterocycles. The molecule has 0 fully saturated rings. The van der Waals surface area contributed by atoms with Gasteiger partial charge in [-0.3, -0.25) is 4.79 Å². The Hall–Kier alpha value is -2.74. The molecule has 1 amide bonds. The minimum absolute atomic E-state index is 0.0447. The van der Waals surface area contributed by atoms with Crippen LogP contribution in [-0.4, -0.2) is 39.8 Å². The number of carbonyl (C=O) groups is 1. The highest BCUT2D eigenvalue weighted by atomic mass is 32.1. The molecule has 8 heteroatoms. The van der Waals surface area contributed by atoms with Gasteiger partial charge in [-0.1, -0.05) is 18.2 Å². The van der Waals surface area contributed by atoms with Gasteiger partial charge in [-0.25, -0.2) is 0 Å². The molecule has 2 heterocycles. The molecule has 0 unspecified atom stereocenters. The summed E-state index contributed by atoms with van der Waals surface area (Å²) in [5.41, 5.74) is 1.96. The van der Waals surface area contributed by atoms with Crippen molar-refractivity contribution in [1.82, 2.24) is 25.5 Å². The molecule has 1 aromatic carbocycles. The Morgan fingerprint density at radius 1 is 1.33 bits per heavy atom. The first kappa shape index (κ1) is 16.1. The maximum atomic E-state index is 12.0. The molecule has 0 spiro atoms. The number of aromatic nitrogens is 4. The number of benzene rings is 1. The summed E-state index contributed by atoms with van der Waals surface area (Å²) in [6, 6.07) is 9.67. The summed E-state index contributed by atoms with van der Waals surface area (Å²) in [5.74, 6) is 1.20. The second kappa shape index (κ2) is 7.69. The minimum atomic E-state index is -0.154. The summed E-state index contributed by atoms with van der Waals surface area (Å²) in [4.78, 5) is 13.3. The Morgan fingerprint density at radius 3 is 3.00 bits per heavy atom. The monoisotopic (exact) mass is 343 g/mol. The number of tetrazole rings is 1. The SMILES string of the molecule is COc1ccccc1CCNC(=O)Cn1nnc(-c2ccsc2)n1. The van der Waals surface area contributed by atoms with Gasteiger partial charge in [-0.05, 0) is 34.7 Å². The standard InChI is InChI=1S/C16H17N5O2S/c1-23-14-5-3-2-4-12(14)6-8-17-15(22)10-21-19-16(18-20-21)13-7-9-24-11-13/h2-5,7,9,11H,6,8,10H2,1H3,(H,17,22). The second-order valence-corrected chi connectivity index (χ2v) is 5.85. The number of hydrogen-bond acceptors (Lipinski definition) is 6. The van der Waals surface area contributed by atoms with Crippen molar-refractivity contribution in [3.63, 3.8) is 0 Å². The van der Waals surface area contributed by atoms with Crippen LogP contribution in [0.5, 0.6) is 5.75 Å². The summed E-state index contributed by atoms with van der Waals surface area (Å²) in [6.07, 6.45) is 0.695. The number of ether oxygens (including phenoxy) is 1. The van der Waals surface area contributed by atoms with E-state index in [0.29, 0.717) is 18.8 Å². The van der Waals surface area contributed by atoms with Crippen LogP contribution in [0.4, 0.5) is 0 Å². The molecule has 0 saturated carbocycles. The first-order chi connectivity index (χ1) is 11.8. The predicted molar refractivity (Wildman–Crippen MR) is 90.8 cm³/mol. The van der Waals surface area contributed by atoms with Crippen LogP contribution in [-0.2, 0) is 17.8 Å². The Labute approximate surface area is 143 Å². The first-order valence-electron chi connectivity index (χ1n) is 7.45. The predicted octanol–water partition coefficient (Wildman–Crippen LogP) is 1.77. The van der Waals surface area contributed by atoms with Gasteiger partial charge in [0, 0.05) is 17.5 Å². The Balaban J connectivity index is 1.49. The Bertz CT molecular complexity index is 800. The zero-order valence-corrected chi connectivity index (χ0v) is 14.0. The molecule has 3 rings (SSSR count). The Kier molecular flexibility index (Phi) is 5.17. The topological polar surface area (TPSA) is 81.9 Å². The van der Waals surface area contributed by atoms with Gasteiger partial charge < -0.3 is 10.1 Å². The van der Waals surface area contributed by atoms with Crippen LogP contribution in [0.1, 0.15) is 5.56 Å². The molecule has 24 heavy (non-hydrogen) atoms. The van der Waals surface area contributed by atoms with Crippen molar-refractivity contribution < 1.29 is 9.53 Å². The van der Waals surface area contributed by atoms with Crippen molar-refractivity contribution in [3.05, 3.63) is 46.7 Å². The van der Waals surface area contributed by atoms with Crippen molar-refractivity contribution in [1.29, 1.82) is 0 Å². The fraction of sp³-hybridized carbons (Fsp3) is 0.250. The number of nitrogens with one attached hydrogen (secondary N) is 1. The number of para-hydroxylation sites is 1. The van der Waals surface area contributed by atoms with E-state index >= 15 is 0 Å². The summed E-state index contributed by atoms with van der Waals surface area (Å²) in [6.45, 7) is 0.564. The van der Waals surface area contributed by atoms with Crippen LogP contribution in [0, 0.1) is 0 Å². The zero-order valence-electron chi connectivity index (χ0n) is 13.2. The highest BCUT2D eigenvalue weighted by molar-refractivity contribution is 7.08. The average Bonchev–Trinajstić information content (AvgIpc) is 3.26. The van der Waals surface area contributed by atoms with Gasteiger partial charge in [0.1, 0.15) is 12.3 Å². The van der Waals surface area contributed by atoms with E-state index in [2.05, 4.69) is 20.7 Å². The van der Waals surface area contributed by atoms with Gasteiger partial charge >= 0.3 is 0 Å². The molecule has 0 radical (unpaired) electrons. The molecule has 2 aromatic heterocycles. The highest BCUT2D eigenvalue weighted by Gasteiger charge is 2.09. The molecular weight excluding hydrogens is 326 g/mol. The smallest absolute Gasteiger partial charge is 0.243 e. The van der Waals surface area contributed by atoms with Gasteiger partial charge in [-0.2, -0.15) is 16.1 Å². The van der Waals surface area contributed by atoms with E-state index in [-0.39, 0.29) is 12.5 Å². The number of hydrogen-bond donors (Lipinski definition) is 1. The lowest BCUT2D eigenvalue weighted by Gasteiger charge is -2.08. The third-order valence-corrected chi connectivity index (χ3v) is 4.11. The van der Waals surface area contributed by atoms with Crippen LogP contribution in [0.15, 0.2) is 41.1 Å². The molecule has 0 bridgehead atoms. The molecule has 124 valence electrons. The van der Waals surface area contributed by atoms with Gasteiger partial charge in [0.2, 0.25) is 11.7 Å². The van der Waals surface area contributed by atoms with Crippen molar-refractivity contribution >= 4 is 17.2 Å². The van der Waals surface area contributed by atoms with E-state index < -0.39 is 0 Å². The van der Waals surface area contributed by atoms with Crippen LogP contribution in [0.25, 0.3) is 11.4 Å². The lowest BCUT2D eigenvalue weighted by Crippen LogP contribution is -2.30. The molecule has 7 nitrogen and oxygen atoms in total. The lowest BCUT2D eigenvalue weighted by atomic mass is 10.1. The van der Waals surface area contributed by atoms with E-state index in [9.17, 15) is 4.79 Å². The van der Waals surface area contributed by atoms with E-state index in [1.807, 2.05) is 41.1 Å². The number of carbonyl (C=O) groups excluding carboxylic acids is 1. The number of thiophene rings is 1. The van der Waals surface area contributed by atoms with E-state index in [0.717, 1.165) is 16.9 Å². The summed E-state index contributed by atoms with van der Waals surface area (Å²) in [5, 5.41) is 18.8. The molecule has 3 aromatic rings. The number of methoxy groups -OCH3 is 1. The van der Waals surface area contributed by atoms with Crippen LogP contribution in [0.2, 0.25) is 0 Å². The average molecular weight is 343 g/mol. The van der Waals surface area contributed by atoms with Crippen LogP contribution < -0.4 is 10.1 Å². The molecular formula is C16H17N5O2S. The minimum Gasteiger partial charge on any atom is -0.496 e. The normalized spacial score (nSPS) is 10.5. The molecule has 0 saturated heterocycles. The van der Waals surface area contributed by atoms with Crippen molar-refractivity contribution in [3.8, 4) is 17.1 Å². The number of rotatable bonds is 7. The maximum Gasteiger partial charge on any atom is 0.243 e. The summed E-state index contributed by atoms with van der Waals surface area (Å²) < 4.78 is 5.29. The number of amides is 1. The quantitative estimate of drug-likeness (QED) is 0.707. The van der Waals surface area contributed by atoms with Gasteiger partial charge in [0.05, 0.1) is 7.11 Å². The second-order valence-electron chi connectivity index (χ2n) is 5.07. The fourth-order valence-corrected chi connectivity index (χ4v) is 2.88. The van der Waals surface area contributed by atoms with Crippen molar-refractivity contribution in [2.45, 2.75) is 13.0 Å². The van der Waals surface area contributed by atoms with Crippen LogP contribution in [0.3, 0.4) is 0 Å². The largest absolute Gasteiger partial charge is 0.496 e. The molecule has 0 atom stereocenters. The number of nitrogens with zero attached hydrogens (tertiary/aromatic N) is 4. The van der Waals surface area contributed by atoms with E-state index in [1.54, 1.807) is 18.4 Å². The third kappa shape index (κ3) is 3.96. The lowest BCUT2D eigenvalue weighted by molar-refractivity contribution is -0.122. The molecule has 1 N–H and O–H groups in total. The molecule has 0 aliphatic rings. The third-order valence-electron chi connectivity index (χ3n) is 3.43. The van der Waals surface area contributed by atoms with Gasteiger partial charge in [0.15, 0.2) is 0 Å². The van der Waals surface area contributed by atoms with Gasteiger partial charge in [0.25, 0.3) is 0 Å². The van der Waals surface area contributed by atoms with Crippen LogP contribution >= 0.6 is 11.3 Å². The van der Waals surface area contributed by atoms with Crippen molar-refractivity contribution in [2.24, 2.45) is 0 Å². The summed E-state index contributed by atoms with van der Waals surface area (Å²) >= 11 is 1.56. The fourth-order valence-electron chi connectivity index (χ4n) is 2.25. The summed E-state index contributed by atoms with van der Waals surface area (Å²) in [7, 11) is 1.64.